The fourth-order valence-corrected chi connectivity index (χ4v) is 5.85. The minimum absolute atomic E-state index is 0.176. The van der Waals surface area contributed by atoms with Gasteiger partial charge in [0.1, 0.15) is 6.10 Å². The number of rotatable bonds is 2. The largest absolute Gasteiger partial charge is 0.464 e. The molecule has 0 aromatic rings. The maximum atomic E-state index is 10.9. The fraction of sp³-hybridized carbons (Fsp3) is 0.938. The van der Waals surface area contributed by atoms with E-state index in [0.29, 0.717) is 22.7 Å². The molecule has 3 fully saturated rings. The molecule has 2 bridgehead atoms. The normalized spacial score (nSPS) is 49.5. The number of carbonyl (C=O) groups is 1. The summed E-state index contributed by atoms with van der Waals surface area (Å²) in [5, 5.41) is 0. The molecule has 0 aromatic heterocycles. The lowest BCUT2D eigenvalue weighted by Gasteiger charge is -2.55. The van der Waals surface area contributed by atoms with Gasteiger partial charge in [-0.3, -0.25) is 4.79 Å². The minimum Gasteiger partial charge on any atom is -0.464 e. The predicted molar refractivity (Wildman–Crippen MR) is 71.1 cm³/mol. The molecule has 2 nitrogen and oxygen atoms in total. The first-order chi connectivity index (χ1) is 8.42. The molecule has 3 saturated carbocycles. The molecule has 3 aliphatic rings. The van der Waals surface area contributed by atoms with Crippen LogP contribution in [0.1, 0.15) is 65.7 Å². The Morgan fingerprint density at radius 3 is 2.67 bits per heavy atom. The van der Waals surface area contributed by atoms with Crippen LogP contribution in [-0.4, -0.2) is 12.6 Å². The van der Waals surface area contributed by atoms with Gasteiger partial charge in [0.2, 0.25) is 0 Å². The van der Waals surface area contributed by atoms with Crippen molar-refractivity contribution in [3.63, 3.8) is 0 Å². The zero-order valence-electron chi connectivity index (χ0n) is 12.0. The molecule has 0 aromatic carbocycles. The maximum Gasteiger partial charge on any atom is 0.293 e. The van der Waals surface area contributed by atoms with Gasteiger partial charge in [-0.15, -0.1) is 0 Å². The van der Waals surface area contributed by atoms with E-state index in [1.54, 1.807) is 0 Å². The van der Waals surface area contributed by atoms with Crippen molar-refractivity contribution in [2.24, 2.45) is 22.2 Å². The lowest BCUT2D eigenvalue weighted by molar-refractivity contribution is -0.149. The summed E-state index contributed by atoms with van der Waals surface area (Å²) in [6.07, 6.45) is 9.19. The third-order valence-electron chi connectivity index (χ3n) is 6.42. The molecule has 0 amide bonds. The van der Waals surface area contributed by atoms with Crippen molar-refractivity contribution in [2.75, 3.05) is 0 Å². The van der Waals surface area contributed by atoms with E-state index in [0.717, 1.165) is 12.3 Å². The van der Waals surface area contributed by atoms with Gasteiger partial charge in [-0.25, -0.2) is 0 Å². The highest BCUT2D eigenvalue weighted by Gasteiger charge is 2.64. The third kappa shape index (κ3) is 1.57. The molecule has 0 N–H and O–H groups in total. The SMILES string of the molecule is CC1(C)C[C@H](OC=O)[C@]23CCC[C@@](C)(CC[C@H]12)C3. The molecule has 0 saturated heterocycles. The van der Waals surface area contributed by atoms with E-state index >= 15 is 0 Å². The summed E-state index contributed by atoms with van der Waals surface area (Å²) in [6.45, 7) is 7.90. The van der Waals surface area contributed by atoms with Crippen molar-refractivity contribution < 1.29 is 9.53 Å². The van der Waals surface area contributed by atoms with Crippen LogP contribution < -0.4 is 0 Å². The summed E-state index contributed by atoms with van der Waals surface area (Å²) in [4.78, 5) is 10.9. The number of hydrogen-bond donors (Lipinski definition) is 0. The highest BCUT2D eigenvalue weighted by atomic mass is 16.5. The third-order valence-corrected chi connectivity index (χ3v) is 6.42. The molecular formula is C16H26O2. The first-order valence-corrected chi connectivity index (χ1v) is 7.51. The Morgan fingerprint density at radius 2 is 1.94 bits per heavy atom. The molecule has 4 atom stereocenters. The van der Waals surface area contributed by atoms with Crippen molar-refractivity contribution in [3.8, 4) is 0 Å². The molecule has 3 aliphatic carbocycles. The second kappa shape index (κ2) is 3.74. The van der Waals surface area contributed by atoms with Crippen LogP contribution in [0.5, 0.6) is 0 Å². The van der Waals surface area contributed by atoms with Crippen LogP contribution in [0.2, 0.25) is 0 Å². The summed E-state index contributed by atoms with van der Waals surface area (Å²) in [5.41, 5.74) is 1.15. The van der Waals surface area contributed by atoms with Crippen LogP contribution in [0.25, 0.3) is 0 Å². The van der Waals surface area contributed by atoms with Crippen LogP contribution in [0.3, 0.4) is 0 Å². The van der Waals surface area contributed by atoms with Crippen molar-refractivity contribution in [3.05, 3.63) is 0 Å². The lowest BCUT2D eigenvalue weighted by Crippen LogP contribution is -2.49. The quantitative estimate of drug-likeness (QED) is 0.694. The Balaban J connectivity index is 1.99. The summed E-state index contributed by atoms with van der Waals surface area (Å²) in [5.74, 6) is 0.753. The average molecular weight is 250 g/mol. The second-order valence-electron chi connectivity index (χ2n) is 8.08. The molecule has 0 aliphatic heterocycles. The van der Waals surface area contributed by atoms with E-state index in [1.807, 2.05) is 0 Å². The van der Waals surface area contributed by atoms with Gasteiger partial charge in [0.05, 0.1) is 0 Å². The summed E-state index contributed by atoms with van der Waals surface area (Å²) >= 11 is 0. The van der Waals surface area contributed by atoms with Crippen LogP contribution in [0, 0.1) is 22.2 Å². The van der Waals surface area contributed by atoms with E-state index in [9.17, 15) is 4.79 Å². The van der Waals surface area contributed by atoms with Crippen LogP contribution in [0.15, 0.2) is 0 Å². The van der Waals surface area contributed by atoms with Gasteiger partial charge in [-0.1, -0.05) is 27.2 Å². The molecule has 2 heteroatoms. The Kier molecular flexibility index (Phi) is 2.60. The van der Waals surface area contributed by atoms with E-state index < -0.39 is 0 Å². The van der Waals surface area contributed by atoms with Crippen LogP contribution in [0.4, 0.5) is 0 Å². The van der Waals surface area contributed by atoms with Gasteiger partial charge in [0, 0.05) is 5.41 Å². The predicted octanol–water partition coefficient (Wildman–Crippen LogP) is 3.93. The lowest BCUT2D eigenvalue weighted by atomic mass is 9.50. The Hall–Kier alpha value is -0.530. The van der Waals surface area contributed by atoms with E-state index in [1.165, 1.54) is 38.5 Å². The standard InChI is InChI=1S/C16H26O2/c1-14(2)9-13(18-11-17)16-7-4-6-15(3,10-16)8-5-12(14)16/h11-13H,4-10H2,1-3H3/t12-,13+,15+,16+/m1/s1. The molecule has 0 unspecified atom stereocenters. The summed E-state index contributed by atoms with van der Waals surface area (Å²) in [7, 11) is 0. The number of fused-ring (bicyclic) bond motifs is 1. The zero-order valence-corrected chi connectivity index (χ0v) is 12.0. The summed E-state index contributed by atoms with van der Waals surface area (Å²) in [6, 6.07) is 0. The van der Waals surface area contributed by atoms with Gasteiger partial charge >= 0.3 is 0 Å². The first kappa shape index (κ1) is 12.5. The van der Waals surface area contributed by atoms with Crippen LogP contribution >= 0.6 is 0 Å². The molecule has 3 rings (SSSR count). The van der Waals surface area contributed by atoms with E-state index in [2.05, 4.69) is 20.8 Å². The molecule has 0 heterocycles. The van der Waals surface area contributed by atoms with E-state index in [4.69, 9.17) is 4.74 Å². The fourth-order valence-electron chi connectivity index (χ4n) is 5.85. The molecular weight excluding hydrogens is 224 g/mol. The number of carbonyl (C=O) groups excluding carboxylic acids is 1. The van der Waals surface area contributed by atoms with Crippen molar-refractivity contribution in [1.82, 2.24) is 0 Å². The Morgan fingerprint density at radius 1 is 1.17 bits per heavy atom. The van der Waals surface area contributed by atoms with Gasteiger partial charge in [0.25, 0.3) is 6.47 Å². The number of ether oxygens (including phenoxy) is 1. The summed E-state index contributed by atoms with van der Waals surface area (Å²) < 4.78 is 5.55. The van der Waals surface area contributed by atoms with Gasteiger partial charge in [0.15, 0.2) is 0 Å². The Bertz CT molecular complexity index is 362. The topological polar surface area (TPSA) is 26.3 Å². The molecule has 1 spiro atoms. The molecule has 102 valence electrons. The van der Waals surface area contributed by atoms with Crippen LogP contribution in [-0.2, 0) is 9.53 Å². The first-order valence-electron chi connectivity index (χ1n) is 7.51. The Labute approximate surface area is 110 Å². The number of hydrogen-bond acceptors (Lipinski definition) is 2. The van der Waals surface area contributed by atoms with E-state index in [-0.39, 0.29) is 6.10 Å². The monoisotopic (exact) mass is 250 g/mol. The highest BCUT2D eigenvalue weighted by Crippen LogP contribution is 2.69. The average Bonchev–Trinajstić information content (AvgIpc) is 2.45. The molecule has 0 radical (unpaired) electrons. The van der Waals surface area contributed by atoms with Crippen molar-refractivity contribution in [2.45, 2.75) is 71.8 Å². The second-order valence-corrected chi connectivity index (χ2v) is 8.08. The van der Waals surface area contributed by atoms with Gasteiger partial charge < -0.3 is 4.74 Å². The van der Waals surface area contributed by atoms with Gasteiger partial charge in [-0.05, 0) is 55.3 Å². The van der Waals surface area contributed by atoms with Crippen molar-refractivity contribution >= 4 is 6.47 Å². The van der Waals surface area contributed by atoms with Crippen molar-refractivity contribution in [1.29, 1.82) is 0 Å². The smallest absolute Gasteiger partial charge is 0.293 e. The zero-order chi connectivity index (χ0) is 13.0. The highest BCUT2D eigenvalue weighted by molar-refractivity contribution is 5.38. The maximum absolute atomic E-state index is 10.9. The minimum atomic E-state index is 0.176. The molecule has 18 heavy (non-hydrogen) atoms. The van der Waals surface area contributed by atoms with Gasteiger partial charge in [-0.2, -0.15) is 0 Å².